The molecular formula is C20H24BrClFN3O3S. The van der Waals surface area contributed by atoms with Gasteiger partial charge in [-0.3, -0.25) is 9.36 Å². The van der Waals surface area contributed by atoms with E-state index in [0.717, 1.165) is 12.8 Å². The molecule has 0 unspecified atom stereocenters. The van der Waals surface area contributed by atoms with E-state index in [9.17, 15) is 17.6 Å². The third-order valence-electron chi connectivity index (χ3n) is 5.53. The van der Waals surface area contributed by atoms with Crippen molar-refractivity contribution in [1.82, 2.24) is 14.9 Å². The van der Waals surface area contributed by atoms with Crippen molar-refractivity contribution in [2.24, 2.45) is 5.92 Å². The molecule has 1 aromatic heterocycles. The summed E-state index contributed by atoms with van der Waals surface area (Å²) in [6, 6.07) is 4.60. The first-order chi connectivity index (χ1) is 14.1. The van der Waals surface area contributed by atoms with E-state index in [-0.39, 0.29) is 22.0 Å². The summed E-state index contributed by atoms with van der Waals surface area (Å²) in [5.41, 5.74) is 0.588. The average molecular weight is 521 g/mol. The molecule has 0 spiro atoms. The summed E-state index contributed by atoms with van der Waals surface area (Å²) in [6.45, 7) is 2.32. The van der Waals surface area contributed by atoms with Crippen molar-refractivity contribution in [3.63, 3.8) is 0 Å². The average Bonchev–Trinajstić information content (AvgIpc) is 3.04. The summed E-state index contributed by atoms with van der Waals surface area (Å²) < 4.78 is 39.3. The van der Waals surface area contributed by atoms with Gasteiger partial charge in [0, 0.05) is 19.2 Å². The minimum absolute atomic E-state index is 0.0988. The van der Waals surface area contributed by atoms with Crippen molar-refractivity contribution in [3.05, 3.63) is 45.2 Å². The Morgan fingerprint density at radius 1 is 1.33 bits per heavy atom. The highest BCUT2D eigenvalue weighted by Gasteiger charge is 2.28. The molecule has 3 rings (SSSR count). The summed E-state index contributed by atoms with van der Waals surface area (Å²) in [5, 5.41) is 2.72. The number of aromatic nitrogens is 2. The number of nitrogens with zero attached hydrogens (tertiary/aromatic N) is 2. The van der Waals surface area contributed by atoms with Crippen LogP contribution in [0, 0.1) is 11.7 Å². The first-order valence-corrected chi connectivity index (χ1v) is 12.9. The van der Waals surface area contributed by atoms with Crippen LogP contribution >= 0.6 is 27.5 Å². The topological polar surface area (TPSA) is 81.1 Å². The number of amides is 1. The first kappa shape index (κ1) is 23.2. The maximum absolute atomic E-state index is 14.0. The smallest absolute Gasteiger partial charge is 0.273 e. The number of nitrogens with one attached hydrogen (secondary N) is 1. The molecule has 10 heteroatoms. The lowest BCUT2D eigenvalue weighted by Gasteiger charge is -2.27. The molecule has 1 amide bonds. The molecule has 0 aliphatic heterocycles. The highest BCUT2D eigenvalue weighted by atomic mass is 79.9. The molecule has 1 saturated carbocycles. The molecule has 1 aromatic carbocycles. The fraction of sp³-hybridized carbons (Fsp3) is 0.500. The molecule has 164 valence electrons. The van der Waals surface area contributed by atoms with Crippen molar-refractivity contribution in [2.45, 2.75) is 44.3 Å². The highest BCUT2D eigenvalue weighted by Crippen LogP contribution is 2.29. The van der Waals surface area contributed by atoms with E-state index in [2.05, 4.69) is 26.2 Å². The minimum atomic E-state index is -3.01. The second kappa shape index (κ2) is 9.36. The Morgan fingerprint density at radius 3 is 2.57 bits per heavy atom. The van der Waals surface area contributed by atoms with Crippen LogP contribution in [-0.2, 0) is 16.3 Å². The minimum Gasteiger partial charge on any atom is -0.350 e. The molecule has 6 nitrogen and oxygen atoms in total. The van der Waals surface area contributed by atoms with E-state index >= 15 is 0 Å². The van der Waals surface area contributed by atoms with Crippen LogP contribution in [0.25, 0.3) is 5.69 Å². The van der Waals surface area contributed by atoms with Crippen LogP contribution < -0.4 is 5.32 Å². The van der Waals surface area contributed by atoms with Crippen molar-refractivity contribution < 1.29 is 17.6 Å². The van der Waals surface area contributed by atoms with Crippen LogP contribution in [0.2, 0.25) is 5.15 Å². The van der Waals surface area contributed by atoms with Gasteiger partial charge < -0.3 is 5.32 Å². The Labute approximate surface area is 189 Å². The monoisotopic (exact) mass is 519 g/mol. The first-order valence-electron chi connectivity index (χ1n) is 9.81. The summed E-state index contributed by atoms with van der Waals surface area (Å²) in [7, 11) is -3.01. The molecule has 1 fully saturated rings. The molecule has 0 radical (unpaired) electrons. The van der Waals surface area contributed by atoms with Crippen LogP contribution in [0.5, 0.6) is 0 Å². The Kier molecular flexibility index (Phi) is 7.24. The summed E-state index contributed by atoms with van der Waals surface area (Å²) in [4.78, 5) is 17.1. The standard InChI is InChI=1S/C20H24BrClFN3O3S/c1-3-17-25-18(19(22)26(17)13-6-9-15(21)16(23)10-13)20(27)24-11-12-4-7-14(8-5-12)30(2,28)29/h6,9-10,12,14H,3-5,7-8,11H2,1-2H3,(H,24,27). The Hall–Kier alpha value is -1.45. The van der Waals surface area contributed by atoms with Crippen molar-refractivity contribution >= 4 is 43.3 Å². The second-order valence-corrected chi connectivity index (χ2v) is 11.2. The van der Waals surface area contributed by atoms with Crippen LogP contribution in [0.3, 0.4) is 0 Å². The maximum atomic E-state index is 14.0. The van der Waals surface area contributed by atoms with Gasteiger partial charge in [-0.25, -0.2) is 17.8 Å². The molecule has 1 aliphatic rings. The number of sulfone groups is 1. The molecule has 0 atom stereocenters. The van der Waals surface area contributed by atoms with Gasteiger partial charge in [0.05, 0.1) is 15.4 Å². The van der Waals surface area contributed by atoms with Gasteiger partial charge in [-0.15, -0.1) is 0 Å². The number of hydrogen-bond donors (Lipinski definition) is 1. The lowest BCUT2D eigenvalue weighted by Crippen LogP contribution is -2.34. The van der Waals surface area contributed by atoms with Gasteiger partial charge in [0.2, 0.25) is 0 Å². The van der Waals surface area contributed by atoms with E-state index in [1.54, 1.807) is 16.7 Å². The van der Waals surface area contributed by atoms with Gasteiger partial charge in [-0.2, -0.15) is 0 Å². The fourth-order valence-corrected chi connectivity index (χ4v) is 5.50. The Bertz CT molecular complexity index is 1050. The predicted molar refractivity (Wildman–Crippen MR) is 119 cm³/mol. The van der Waals surface area contributed by atoms with E-state index < -0.39 is 21.6 Å². The third-order valence-corrected chi connectivity index (χ3v) is 8.21. The zero-order valence-electron chi connectivity index (χ0n) is 16.8. The Morgan fingerprint density at radius 2 is 2.00 bits per heavy atom. The molecule has 0 saturated heterocycles. The van der Waals surface area contributed by atoms with E-state index in [1.165, 1.54) is 12.3 Å². The van der Waals surface area contributed by atoms with Crippen LogP contribution in [0.4, 0.5) is 4.39 Å². The Balaban J connectivity index is 1.71. The van der Waals surface area contributed by atoms with Gasteiger partial charge in [0.15, 0.2) is 5.69 Å². The summed E-state index contributed by atoms with van der Waals surface area (Å²) in [6.07, 6.45) is 4.52. The lowest BCUT2D eigenvalue weighted by atomic mass is 9.89. The van der Waals surface area contributed by atoms with E-state index in [0.29, 0.717) is 41.8 Å². The predicted octanol–water partition coefficient (Wildman–Crippen LogP) is 4.32. The number of rotatable bonds is 6. The van der Waals surface area contributed by atoms with E-state index in [1.807, 2.05) is 6.92 Å². The number of aryl methyl sites for hydroxylation is 1. The van der Waals surface area contributed by atoms with Gasteiger partial charge in [0.1, 0.15) is 26.6 Å². The quantitative estimate of drug-likeness (QED) is 0.615. The van der Waals surface area contributed by atoms with Gasteiger partial charge in [-0.1, -0.05) is 18.5 Å². The molecule has 1 aliphatic carbocycles. The summed E-state index contributed by atoms with van der Waals surface area (Å²) >= 11 is 9.59. The maximum Gasteiger partial charge on any atom is 0.273 e. The molecule has 2 aromatic rings. The number of benzene rings is 1. The third kappa shape index (κ3) is 5.06. The van der Waals surface area contributed by atoms with Crippen LogP contribution in [-0.4, -0.2) is 41.9 Å². The van der Waals surface area contributed by atoms with Crippen molar-refractivity contribution in [1.29, 1.82) is 0 Å². The molecule has 1 N–H and O–H groups in total. The fourth-order valence-electron chi connectivity index (χ4n) is 3.80. The molecular weight excluding hydrogens is 497 g/mol. The number of hydrogen-bond acceptors (Lipinski definition) is 4. The zero-order chi connectivity index (χ0) is 22.1. The van der Waals surface area contributed by atoms with Gasteiger partial charge in [-0.05, 0) is 65.7 Å². The largest absolute Gasteiger partial charge is 0.350 e. The molecule has 30 heavy (non-hydrogen) atoms. The van der Waals surface area contributed by atoms with Gasteiger partial charge >= 0.3 is 0 Å². The number of carbonyl (C=O) groups excluding carboxylic acids is 1. The van der Waals surface area contributed by atoms with E-state index in [4.69, 9.17) is 11.6 Å². The van der Waals surface area contributed by atoms with Gasteiger partial charge in [0.25, 0.3) is 5.91 Å². The lowest BCUT2D eigenvalue weighted by molar-refractivity contribution is 0.0939. The van der Waals surface area contributed by atoms with Crippen molar-refractivity contribution in [2.75, 3.05) is 12.8 Å². The van der Waals surface area contributed by atoms with Crippen LogP contribution in [0.1, 0.15) is 48.9 Å². The SMILES string of the molecule is CCc1nc(C(=O)NCC2CCC(S(C)(=O)=O)CC2)c(Cl)n1-c1ccc(Br)c(F)c1. The number of imidazole rings is 1. The molecule has 0 bridgehead atoms. The molecule has 1 heterocycles. The summed E-state index contributed by atoms with van der Waals surface area (Å²) in [5.74, 6) is -0.0501. The second-order valence-electron chi connectivity index (χ2n) is 7.64. The normalized spacial score (nSPS) is 19.6. The number of halogens is 3. The highest BCUT2D eigenvalue weighted by molar-refractivity contribution is 9.10. The number of carbonyl (C=O) groups is 1. The van der Waals surface area contributed by atoms with Crippen molar-refractivity contribution in [3.8, 4) is 5.69 Å². The van der Waals surface area contributed by atoms with Crippen LogP contribution in [0.15, 0.2) is 22.7 Å². The zero-order valence-corrected chi connectivity index (χ0v) is 19.9.